The number of hydrogen-bond donors (Lipinski definition) is 0. The topological polar surface area (TPSA) is 57.0 Å². The lowest BCUT2D eigenvalue weighted by Crippen LogP contribution is -2.22. The Morgan fingerprint density at radius 2 is 2.22 bits per heavy atom. The van der Waals surface area contributed by atoms with Gasteiger partial charge in [-0.2, -0.15) is 0 Å². The van der Waals surface area contributed by atoms with Gasteiger partial charge in [-0.15, -0.1) is 0 Å². The lowest BCUT2D eigenvalue weighted by atomic mass is 10.2. The molecule has 0 atom stereocenters. The molecule has 0 bridgehead atoms. The highest BCUT2D eigenvalue weighted by atomic mass is 35.5. The van der Waals surface area contributed by atoms with Crippen molar-refractivity contribution < 1.29 is 4.74 Å². The molecule has 5 nitrogen and oxygen atoms in total. The maximum Gasteiger partial charge on any atom is 0.297 e. The van der Waals surface area contributed by atoms with Crippen LogP contribution in [0.5, 0.6) is 5.75 Å². The number of nitrogens with zero attached hydrogens (tertiary/aromatic N) is 3. The molecule has 18 heavy (non-hydrogen) atoms. The van der Waals surface area contributed by atoms with Crippen LogP contribution in [0, 0.1) is 6.92 Å². The van der Waals surface area contributed by atoms with Crippen LogP contribution in [0.3, 0.4) is 0 Å². The molecule has 0 spiro atoms. The molecule has 0 N–H and O–H groups in total. The summed E-state index contributed by atoms with van der Waals surface area (Å²) >= 11 is 5.77. The van der Waals surface area contributed by atoms with Gasteiger partial charge in [0, 0.05) is 12.4 Å². The maximum absolute atomic E-state index is 12.0. The maximum atomic E-state index is 12.0. The first-order valence-corrected chi connectivity index (χ1v) is 5.69. The molecule has 0 aromatic carbocycles. The average Bonchev–Trinajstić information content (AvgIpc) is 2.34. The zero-order valence-electron chi connectivity index (χ0n) is 10.1. The number of pyridine rings is 1. The Morgan fingerprint density at radius 3 is 2.89 bits per heavy atom. The Hall–Kier alpha value is -1.88. The van der Waals surface area contributed by atoms with Crippen LogP contribution in [0.2, 0.25) is 5.15 Å². The van der Waals surface area contributed by atoms with Crippen molar-refractivity contribution in [3.05, 3.63) is 51.4 Å². The molecule has 0 radical (unpaired) electrons. The molecular weight excluding hydrogens is 254 g/mol. The van der Waals surface area contributed by atoms with Gasteiger partial charge in [0.25, 0.3) is 5.56 Å². The molecule has 0 aliphatic heterocycles. The van der Waals surface area contributed by atoms with Crippen LogP contribution in [0.4, 0.5) is 0 Å². The minimum atomic E-state index is -0.306. The molecule has 2 heterocycles. The summed E-state index contributed by atoms with van der Waals surface area (Å²) in [6.45, 7) is 2.33. The second-order valence-corrected chi connectivity index (χ2v) is 4.23. The number of rotatable bonds is 3. The van der Waals surface area contributed by atoms with Gasteiger partial charge in [-0.05, 0) is 18.1 Å². The molecule has 2 aromatic heterocycles. The van der Waals surface area contributed by atoms with Crippen molar-refractivity contribution in [1.29, 1.82) is 0 Å². The van der Waals surface area contributed by atoms with Crippen molar-refractivity contribution in [2.24, 2.45) is 0 Å². The Balaban J connectivity index is 2.39. The highest BCUT2D eigenvalue weighted by Gasteiger charge is 2.10. The van der Waals surface area contributed by atoms with Crippen LogP contribution in [0.25, 0.3) is 0 Å². The molecule has 0 unspecified atom stereocenters. The van der Waals surface area contributed by atoms with Gasteiger partial charge in [-0.1, -0.05) is 17.7 Å². The van der Waals surface area contributed by atoms with E-state index in [1.165, 1.54) is 18.0 Å². The smallest absolute Gasteiger partial charge is 0.297 e. The predicted molar refractivity (Wildman–Crippen MR) is 68.1 cm³/mol. The summed E-state index contributed by atoms with van der Waals surface area (Å²) in [5, 5.41) is 0.0705. The highest BCUT2D eigenvalue weighted by molar-refractivity contribution is 6.30. The van der Waals surface area contributed by atoms with E-state index < -0.39 is 0 Å². The predicted octanol–water partition coefficient (Wildman–Crippen LogP) is 1.66. The first-order valence-electron chi connectivity index (χ1n) is 5.31. The average molecular weight is 266 g/mol. The number of aromatic nitrogens is 3. The zero-order valence-corrected chi connectivity index (χ0v) is 10.8. The van der Waals surface area contributed by atoms with E-state index in [0.29, 0.717) is 6.54 Å². The number of ether oxygens (including phenoxy) is 1. The van der Waals surface area contributed by atoms with E-state index in [1.54, 1.807) is 12.4 Å². The second kappa shape index (κ2) is 5.18. The van der Waals surface area contributed by atoms with Gasteiger partial charge in [0.15, 0.2) is 5.15 Å². The summed E-state index contributed by atoms with van der Waals surface area (Å²) in [7, 11) is 1.39. The molecule has 6 heteroatoms. The van der Waals surface area contributed by atoms with Crippen molar-refractivity contribution in [3.63, 3.8) is 0 Å². The van der Waals surface area contributed by atoms with Gasteiger partial charge in [0.1, 0.15) is 0 Å². The Bertz CT molecular complexity index is 625. The minimum absolute atomic E-state index is 0.0554. The third-order valence-corrected chi connectivity index (χ3v) is 2.71. The van der Waals surface area contributed by atoms with Crippen LogP contribution in [0.15, 0.2) is 29.6 Å². The largest absolute Gasteiger partial charge is 0.489 e. The van der Waals surface area contributed by atoms with Crippen molar-refractivity contribution in [3.8, 4) is 5.75 Å². The molecule has 0 aliphatic rings. The van der Waals surface area contributed by atoms with E-state index in [9.17, 15) is 4.79 Å². The fourth-order valence-corrected chi connectivity index (χ4v) is 1.84. The van der Waals surface area contributed by atoms with Crippen molar-refractivity contribution in [1.82, 2.24) is 14.5 Å². The van der Waals surface area contributed by atoms with Crippen LogP contribution in [0.1, 0.15) is 11.1 Å². The number of aryl methyl sites for hydroxylation is 1. The summed E-state index contributed by atoms with van der Waals surface area (Å²) < 4.78 is 6.37. The van der Waals surface area contributed by atoms with E-state index in [2.05, 4.69) is 9.97 Å². The van der Waals surface area contributed by atoms with Gasteiger partial charge >= 0.3 is 0 Å². The lowest BCUT2D eigenvalue weighted by molar-refractivity contribution is 0.401. The van der Waals surface area contributed by atoms with Crippen molar-refractivity contribution >= 4 is 11.6 Å². The molecule has 0 saturated carbocycles. The van der Waals surface area contributed by atoms with Gasteiger partial charge < -0.3 is 4.74 Å². The summed E-state index contributed by atoms with van der Waals surface area (Å²) in [6.07, 6.45) is 4.86. The monoisotopic (exact) mass is 265 g/mol. The third-order valence-electron chi connectivity index (χ3n) is 2.44. The molecule has 0 fully saturated rings. The van der Waals surface area contributed by atoms with Crippen LogP contribution in [-0.4, -0.2) is 21.6 Å². The lowest BCUT2D eigenvalue weighted by Gasteiger charge is -2.08. The molecular formula is C12H12ClN3O2. The zero-order chi connectivity index (χ0) is 13.1. The molecule has 2 rings (SSSR count). The van der Waals surface area contributed by atoms with Crippen LogP contribution < -0.4 is 10.3 Å². The Kier molecular flexibility index (Phi) is 3.62. The van der Waals surface area contributed by atoms with Gasteiger partial charge in [-0.25, -0.2) is 4.98 Å². The quantitative estimate of drug-likeness (QED) is 0.792. The minimum Gasteiger partial charge on any atom is -0.489 e. The van der Waals surface area contributed by atoms with E-state index in [0.717, 1.165) is 11.1 Å². The second-order valence-electron chi connectivity index (χ2n) is 3.87. The molecule has 2 aromatic rings. The standard InChI is InChI=1S/C12H12ClN3O2/c1-8-3-9(5-14-4-8)6-16-7-15-11(13)10(18-2)12(16)17/h3-5,7H,6H2,1-2H3. The molecule has 0 amide bonds. The highest BCUT2D eigenvalue weighted by Crippen LogP contribution is 2.15. The van der Waals surface area contributed by atoms with Crippen LogP contribution in [-0.2, 0) is 6.54 Å². The Morgan fingerprint density at radius 1 is 1.44 bits per heavy atom. The summed E-state index contributed by atoms with van der Waals surface area (Å²) in [5.41, 5.74) is 1.65. The van der Waals surface area contributed by atoms with Gasteiger partial charge in [-0.3, -0.25) is 14.3 Å². The molecule has 0 saturated heterocycles. The first-order chi connectivity index (χ1) is 8.61. The van der Waals surface area contributed by atoms with E-state index in [-0.39, 0.29) is 16.5 Å². The van der Waals surface area contributed by atoms with Crippen LogP contribution >= 0.6 is 11.6 Å². The van der Waals surface area contributed by atoms with E-state index in [4.69, 9.17) is 16.3 Å². The molecule has 94 valence electrons. The SMILES string of the molecule is COc1c(Cl)ncn(Cc2cncc(C)c2)c1=O. The summed E-state index contributed by atoms with van der Waals surface area (Å²) in [4.78, 5) is 20.0. The van der Waals surface area contributed by atoms with Gasteiger partial charge in [0.2, 0.25) is 5.75 Å². The fraction of sp³-hybridized carbons (Fsp3) is 0.250. The Labute approximate surface area is 109 Å². The van der Waals surface area contributed by atoms with Crippen molar-refractivity contribution in [2.45, 2.75) is 13.5 Å². The van der Waals surface area contributed by atoms with E-state index in [1.807, 2.05) is 13.0 Å². The molecule has 0 aliphatic carbocycles. The number of methoxy groups -OCH3 is 1. The van der Waals surface area contributed by atoms with Gasteiger partial charge in [0.05, 0.1) is 20.0 Å². The first kappa shape index (κ1) is 12.6. The number of hydrogen-bond acceptors (Lipinski definition) is 4. The summed E-state index contributed by atoms with van der Waals surface area (Å²) in [5.74, 6) is 0.0554. The van der Waals surface area contributed by atoms with E-state index >= 15 is 0 Å². The fourth-order valence-electron chi connectivity index (χ4n) is 1.63. The normalized spacial score (nSPS) is 10.4. The van der Waals surface area contributed by atoms with Crippen molar-refractivity contribution in [2.75, 3.05) is 7.11 Å². The third kappa shape index (κ3) is 2.51. The summed E-state index contributed by atoms with van der Waals surface area (Å²) in [6, 6.07) is 1.96. The number of halogens is 1.